The Kier molecular flexibility index (Phi) is 4.68. The van der Waals surface area contributed by atoms with E-state index < -0.39 is 0 Å². The zero-order valence-corrected chi connectivity index (χ0v) is 9.46. The number of hydrogen-bond donors (Lipinski definition) is 1. The molecule has 0 heterocycles. The molecular weight excluding hydrogens is 170 g/mol. The Morgan fingerprint density at radius 3 is 2.14 bits per heavy atom. The average molecular weight is 191 g/mol. The maximum Gasteiger partial charge on any atom is 0.0294 e. The minimum atomic E-state index is 0.459. The summed E-state index contributed by atoms with van der Waals surface area (Å²) in [5.41, 5.74) is 1.37. The Bertz CT molecular complexity index is 239. The van der Waals surface area contributed by atoms with Gasteiger partial charge < -0.3 is 5.32 Å². The molecule has 0 fully saturated rings. The molecule has 78 valence electrons. The van der Waals surface area contributed by atoms with Crippen molar-refractivity contribution in [3.8, 4) is 0 Å². The van der Waals surface area contributed by atoms with Gasteiger partial charge in [0.1, 0.15) is 0 Å². The van der Waals surface area contributed by atoms with Crippen LogP contribution < -0.4 is 5.32 Å². The Balaban J connectivity index is 2.54. The van der Waals surface area contributed by atoms with Gasteiger partial charge in [-0.1, -0.05) is 44.2 Å². The van der Waals surface area contributed by atoms with Gasteiger partial charge in [0.05, 0.1) is 0 Å². The molecule has 0 aliphatic rings. The summed E-state index contributed by atoms with van der Waals surface area (Å²) < 4.78 is 0. The molecule has 0 saturated carbocycles. The lowest BCUT2D eigenvalue weighted by Crippen LogP contribution is -2.30. The second-order valence-electron chi connectivity index (χ2n) is 3.81. The largest absolute Gasteiger partial charge is 0.307 e. The van der Waals surface area contributed by atoms with Crippen LogP contribution in [0.25, 0.3) is 0 Å². The lowest BCUT2D eigenvalue weighted by Gasteiger charge is -2.21. The molecule has 0 amide bonds. The van der Waals surface area contributed by atoms with Crippen molar-refractivity contribution in [3.05, 3.63) is 35.9 Å². The SMILES string of the molecule is CCC(CC)N[C@H](C)c1ccccc1. The smallest absolute Gasteiger partial charge is 0.0294 e. The van der Waals surface area contributed by atoms with Gasteiger partial charge in [-0.3, -0.25) is 0 Å². The molecule has 0 spiro atoms. The van der Waals surface area contributed by atoms with Crippen LogP contribution in [0.2, 0.25) is 0 Å². The highest BCUT2D eigenvalue weighted by atomic mass is 14.9. The van der Waals surface area contributed by atoms with Crippen LogP contribution in [0.1, 0.15) is 45.2 Å². The molecule has 0 radical (unpaired) electrons. The lowest BCUT2D eigenvalue weighted by molar-refractivity contribution is 0.432. The standard InChI is InChI=1S/C13H21N/c1-4-13(5-2)14-11(3)12-9-7-6-8-10-12/h6-11,13-14H,4-5H2,1-3H3/t11-/m1/s1. The van der Waals surface area contributed by atoms with Crippen LogP contribution in [-0.4, -0.2) is 6.04 Å². The molecule has 0 saturated heterocycles. The monoisotopic (exact) mass is 191 g/mol. The van der Waals surface area contributed by atoms with Crippen LogP contribution in [0.15, 0.2) is 30.3 Å². The van der Waals surface area contributed by atoms with Gasteiger partial charge in [-0.15, -0.1) is 0 Å². The quantitative estimate of drug-likeness (QED) is 0.750. The van der Waals surface area contributed by atoms with Crippen molar-refractivity contribution in [2.45, 2.75) is 45.7 Å². The van der Waals surface area contributed by atoms with E-state index in [0.29, 0.717) is 12.1 Å². The van der Waals surface area contributed by atoms with Crippen LogP contribution in [0.3, 0.4) is 0 Å². The first-order valence-corrected chi connectivity index (χ1v) is 5.58. The normalized spacial score (nSPS) is 13.1. The van der Waals surface area contributed by atoms with Gasteiger partial charge in [0.25, 0.3) is 0 Å². The molecule has 0 aromatic heterocycles. The lowest BCUT2D eigenvalue weighted by atomic mass is 10.1. The van der Waals surface area contributed by atoms with Crippen LogP contribution >= 0.6 is 0 Å². The van der Waals surface area contributed by atoms with Crippen molar-refractivity contribution < 1.29 is 0 Å². The van der Waals surface area contributed by atoms with E-state index in [9.17, 15) is 0 Å². The predicted octanol–water partition coefficient (Wildman–Crippen LogP) is 3.53. The highest BCUT2D eigenvalue weighted by Gasteiger charge is 2.08. The fraction of sp³-hybridized carbons (Fsp3) is 0.538. The van der Waals surface area contributed by atoms with Crippen LogP contribution in [0, 0.1) is 0 Å². The molecule has 1 aromatic carbocycles. The van der Waals surface area contributed by atoms with Gasteiger partial charge in [0, 0.05) is 12.1 Å². The highest BCUT2D eigenvalue weighted by molar-refractivity contribution is 5.18. The molecule has 1 atom stereocenters. The fourth-order valence-corrected chi connectivity index (χ4v) is 1.72. The summed E-state index contributed by atoms with van der Waals surface area (Å²) in [5.74, 6) is 0. The third-order valence-corrected chi connectivity index (χ3v) is 2.77. The number of nitrogens with one attached hydrogen (secondary N) is 1. The fourth-order valence-electron chi connectivity index (χ4n) is 1.72. The van der Waals surface area contributed by atoms with Gasteiger partial charge in [0.2, 0.25) is 0 Å². The first-order valence-electron chi connectivity index (χ1n) is 5.58. The zero-order chi connectivity index (χ0) is 10.4. The maximum absolute atomic E-state index is 3.63. The Morgan fingerprint density at radius 1 is 1.07 bits per heavy atom. The topological polar surface area (TPSA) is 12.0 Å². The summed E-state index contributed by atoms with van der Waals surface area (Å²) in [6, 6.07) is 11.7. The minimum absolute atomic E-state index is 0.459. The van der Waals surface area contributed by atoms with E-state index in [1.807, 2.05) is 0 Å². The van der Waals surface area contributed by atoms with E-state index in [0.717, 1.165) is 0 Å². The summed E-state index contributed by atoms with van der Waals surface area (Å²) in [5, 5.41) is 3.63. The maximum atomic E-state index is 3.63. The molecule has 0 unspecified atom stereocenters. The summed E-state index contributed by atoms with van der Waals surface area (Å²) in [6.07, 6.45) is 2.40. The van der Waals surface area contributed by atoms with Crippen molar-refractivity contribution in [1.29, 1.82) is 0 Å². The van der Waals surface area contributed by atoms with Crippen LogP contribution in [0.4, 0.5) is 0 Å². The third kappa shape index (κ3) is 3.15. The summed E-state index contributed by atoms with van der Waals surface area (Å²) >= 11 is 0. The van der Waals surface area contributed by atoms with Crippen molar-refractivity contribution in [2.24, 2.45) is 0 Å². The number of benzene rings is 1. The van der Waals surface area contributed by atoms with E-state index in [1.165, 1.54) is 18.4 Å². The second kappa shape index (κ2) is 5.82. The third-order valence-electron chi connectivity index (χ3n) is 2.77. The minimum Gasteiger partial charge on any atom is -0.307 e. The molecular formula is C13H21N. The molecule has 1 N–H and O–H groups in total. The van der Waals surface area contributed by atoms with Crippen LogP contribution in [-0.2, 0) is 0 Å². The molecule has 1 nitrogen and oxygen atoms in total. The molecule has 1 heteroatoms. The van der Waals surface area contributed by atoms with Crippen molar-refractivity contribution in [2.75, 3.05) is 0 Å². The number of rotatable bonds is 5. The molecule has 1 aromatic rings. The Hall–Kier alpha value is -0.820. The second-order valence-corrected chi connectivity index (χ2v) is 3.81. The van der Waals surface area contributed by atoms with Crippen molar-refractivity contribution >= 4 is 0 Å². The highest BCUT2D eigenvalue weighted by Crippen LogP contribution is 2.13. The number of hydrogen-bond acceptors (Lipinski definition) is 1. The first-order chi connectivity index (χ1) is 6.77. The van der Waals surface area contributed by atoms with Crippen LogP contribution in [0.5, 0.6) is 0 Å². The molecule has 14 heavy (non-hydrogen) atoms. The van der Waals surface area contributed by atoms with E-state index in [2.05, 4.69) is 56.4 Å². The predicted molar refractivity (Wildman–Crippen MR) is 62.4 cm³/mol. The Morgan fingerprint density at radius 2 is 1.64 bits per heavy atom. The van der Waals surface area contributed by atoms with E-state index in [-0.39, 0.29) is 0 Å². The molecule has 0 bridgehead atoms. The van der Waals surface area contributed by atoms with Gasteiger partial charge in [-0.05, 0) is 25.3 Å². The van der Waals surface area contributed by atoms with Gasteiger partial charge in [0.15, 0.2) is 0 Å². The average Bonchev–Trinajstić information content (AvgIpc) is 2.26. The zero-order valence-electron chi connectivity index (χ0n) is 9.46. The summed E-state index contributed by atoms with van der Waals surface area (Å²) in [4.78, 5) is 0. The van der Waals surface area contributed by atoms with Crippen molar-refractivity contribution in [3.63, 3.8) is 0 Å². The molecule has 0 aliphatic carbocycles. The first kappa shape index (κ1) is 11.3. The summed E-state index contributed by atoms with van der Waals surface area (Å²) in [6.45, 7) is 6.70. The van der Waals surface area contributed by atoms with Gasteiger partial charge in [-0.2, -0.15) is 0 Å². The van der Waals surface area contributed by atoms with E-state index >= 15 is 0 Å². The van der Waals surface area contributed by atoms with Gasteiger partial charge in [-0.25, -0.2) is 0 Å². The Labute approximate surface area is 87.5 Å². The summed E-state index contributed by atoms with van der Waals surface area (Å²) in [7, 11) is 0. The van der Waals surface area contributed by atoms with Gasteiger partial charge >= 0.3 is 0 Å². The molecule has 1 rings (SSSR count). The van der Waals surface area contributed by atoms with E-state index in [4.69, 9.17) is 0 Å². The van der Waals surface area contributed by atoms with E-state index in [1.54, 1.807) is 0 Å². The molecule has 0 aliphatic heterocycles. The van der Waals surface area contributed by atoms with Crippen molar-refractivity contribution in [1.82, 2.24) is 5.32 Å².